The first-order valence-corrected chi connectivity index (χ1v) is 4.71. The molecule has 0 aliphatic rings. The van der Waals surface area contributed by atoms with Crippen LogP contribution >= 0.6 is 15.9 Å². The molecule has 0 fully saturated rings. The number of phenolic OH excluding ortho intramolecular Hbond substituents is 1. The molecule has 1 aromatic rings. The van der Waals surface area contributed by atoms with Gasteiger partial charge in [-0.3, -0.25) is 10.1 Å². The second-order valence-electron chi connectivity index (χ2n) is 2.73. The van der Waals surface area contributed by atoms with E-state index < -0.39 is 4.92 Å². The van der Waals surface area contributed by atoms with Crippen molar-refractivity contribution in [3.05, 3.63) is 32.3 Å². The molecule has 1 rings (SSSR count). The molecule has 76 valence electrons. The minimum atomic E-state index is -0.510. The van der Waals surface area contributed by atoms with Crippen LogP contribution in [0.25, 0.3) is 0 Å². The Balaban J connectivity index is 3.20. The number of aromatic hydroxyl groups is 1. The highest BCUT2D eigenvalue weighted by atomic mass is 79.9. The lowest BCUT2D eigenvalue weighted by atomic mass is 10.1. The van der Waals surface area contributed by atoms with Crippen LogP contribution in [0, 0.1) is 10.1 Å². The van der Waals surface area contributed by atoms with Gasteiger partial charge in [0.05, 0.1) is 9.40 Å². The standard InChI is InChI=1S/C8H9BrN2O3/c9-7-4-6(11(13)14)3-5(1-2-10)8(7)12/h3-4,12H,1-2,10H2. The van der Waals surface area contributed by atoms with Gasteiger partial charge >= 0.3 is 0 Å². The average molecular weight is 261 g/mol. The molecule has 0 aromatic heterocycles. The molecular formula is C8H9BrN2O3. The predicted molar refractivity (Wildman–Crippen MR) is 55.2 cm³/mol. The molecule has 0 spiro atoms. The number of nitro benzene ring substituents is 1. The lowest BCUT2D eigenvalue weighted by Gasteiger charge is -2.04. The van der Waals surface area contributed by atoms with Crippen LogP contribution in [-0.2, 0) is 6.42 Å². The zero-order valence-electron chi connectivity index (χ0n) is 7.24. The third-order valence-electron chi connectivity index (χ3n) is 1.75. The minimum Gasteiger partial charge on any atom is -0.506 e. The van der Waals surface area contributed by atoms with Crippen molar-refractivity contribution in [3.8, 4) is 5.75 Å². The molecule has 0 saturated heterocycles. The maximum Gasteiger partial charge on any atom is 0.271 e. The second-order valence-corrected chi connectivity index (χ2v) is 3.59. The second kappa shape index (κ2) is 4.39. The van der Waals surface area contributed by atoms with Crippen molar-refractivity contribution in [3.63, 3.8) is 0 Å². The van der Waals surface area contributed by atoms with Gasteiger partial charge in [0, 0.05) is 17.7 Å². The quantitative estimate of drug-likeness (QED) is 0.638. The highest BCUT2D eigenvalue weighted by Crippen LogP contribution is 2.32. The summed E-state index contributed by atoms with van der Waals surface area (Å²) in [5.74, 6) is 0.0149. The number of nitro groups is 1. The molecule has 0 amide bonds. The summed E-state index contributed by atoms with van der Waals surface area (Å²) in [5.41, 5.74) is 5.73. The molecule has 5 nitrogen and oxygen atoms in total. The Hall–Kier alpha value is -1.14. The first-order chi connectivity index (χ1) is 6.56. The number of benzene rings is 1. The van der Waals surface area contributed by atoms with Gasteiger partial charge in [-0.2, -0.15) is 0 Å². The van der Waals surface area contributed by atoms with E-state index in [4.69, 9.17) is 5.73 Å². The number of nitrogens with zero attached hydrogens (tertiary/aromatic N) is 1. The first-order valence-electron chi connectivity index (χ1n) is 3.92. The number of halogens is 1. The van der Waals surface area contributed by atoms with Crippen LogP contribution in [0.2, 0.25) is 0 Å². The normalized spacial score (nSPS) is 10.1. The smallest absolute Gasteiger partial charge is 0.271 e. The lowest BCUT2D eigenvalue weighted by molar-refractivity contribution is -0.385. The van der Waals surface area contributed by atoms with Crippen LogP contribution in [0.5, 0.6) is 5.75 Å². The maximum atomic E-state index is 10.5. The number of rotatable bonds is 3. The van der Waals surface area contributed by atoms with E-state index in [0.717, 1.165) is 0 Å². The molecule has 14 heavy (non-hydrogen) atoms. The van der Waals surface area contributed by atoms with E-state index in [-0.39, 0.29) is 11.4 Å². The van der Waals surface area contributed by atoms with Gasteiger partial charge in [0.15, 0.2) is 0 Å². The Morgan fingerprint density at radius 1 is 1.57 bits per heavy atom. The highest BCUT2D eigenvalue weighted by molar-refractivity contribution is 9.10. The summed E-state index contributed by atoms with van der Waals surface area (Å²) in [5, 5.41) is 20.0. The van der Waals surface area contributed by atoms with Gasteiger partial charge in [-0.1, -0.05) is 0 Å². The largest absolute Gasteiger partial charge is 0.506 e. The molecule has 0 radical (unpaired) electrons. The zero-order valence-corrected chi connectivity index (χ0v) is 8.82. The fraction of sp³-hybridized carbons (Fsp3) is 0.250. The van der Waals surface area contributed by atoms with Crippen LogP contribution in [0.15, 0.2) is 16.6 Å². The molecule has 3 N–H and O–H groups in total. The number of nitrogens with two attached hydrogens (primary N) is 1. The fourth-order valence-corrected chi connectivity index (χ4v) is 1.58. The van der Waals surface area contributed by atoms with Gasteiger partial charge in [0.1, 0.15) is 5.75 Å². The Morgan fingerprint density at radius 3 is 2.71 bits per heavy atom. The average Bonchev–Trinajstić information content (AvgIpc) is 2.12. The lowest BCUT2D eigenvalue weighted by Crippen LogP contribution is -2.03. The van der Waals surface area contributed by atoms with Crippen molar-refractivity contribution in [2.45, 2.75) is 6.42 Å². The van der Waals surface area contributed by atoms with Crippen LogP contribution < -0.4 is 5.73 Å². The van der Waals surface area contributed by atoms with Crippen LogP contribution in [0.1, 0.15) is 5.56 Å². The molecule has 0 heterocycles. The van der Waals surface area contributed by atoms with Gasteiger partial charge in [-0.15, -0.1) is 0 Å². The summed E-state index contributed by atoms with van der Waals surface area (Å²) < 4.78 is 0.315. The van der Waals surface area contributed by atoms with E-state index in [1.807, 2.05) is 0 Å². The molecule has 0 saturated carbocycles. The van der Waals surface area contributed by atoms with E-state index in [1.165, 1.54) is 12.1 Å². The van der Waals surface area contributed by atoms with Gasteiger partial charge in [0.25, 0.3) is 5.69 Å². The van der Waals surface area contributed by atoms with Crippen molar-refractivity contribution in [2.75, 3.05) is 6.54 Å². The number of non-ortho nitro benzene ring substituents is 1. The molecule has 6 heteroatoms. The molecule has 0 atom stereocenters. The van der Waals surface area contributed by atoms with Crippen molar-refractivity contribution in [1.29, 1.82) is 0 Å². The Kier molecular flexibility index (Phi) is 3.43. The summed E-state index contributed by atoms with van der Waals surface area (Å²) in [7, 11) is 0. The van der Waals surface area contributed by atoms with Crippen molar-refractivity contribution in [2.24, 2.45) is 5.73 Å². The van der Waals surface area contributed by atoms with Crippen LogP contribution in [-0.4, -0.2) is 16.6 Å². The monoisotopic (exact) mass is 260 g/mol. The van der Waals surface area contributed by atoms with Gasteiger partial charge in [0.2, 0.25) is 0 Å². The zero-order chi connectivity index (χ0) is 10.7. The summed E-state index contributed by atoms with van der Waals surface area (Å²) in [6, 6.07) is 2.59. The number of hydrogen-bond donors (Lipinski definition) is 2. The molecule has 1 aromatic carbocycles. The number of hydrogen-bond acceptors (Lipinski definition) is 4. The van der Waals surface area contributed by atoms with E-state index in [1.54, 1.807) is 0 Å². The van der Waals surface area contributed by atoms with Gasteiger partial charge < -0.3 is 10.8 Å². The fourth-order valence-electron chi connectivity index (χ4n) is 1.09. The third-order valence-corrected chi connectivity index (χ3v) is 2.36. The predicted octanol–water partition coefficient (Wildman–Crippen LogP) is 1.56. The van der Waals surface area contributed by atoms with Crippen molar-refractivity contribution in [1.82, 2.24) is 0 Å². The first kappa shape index (κ1) is 10.9. The molecule has 0 bridgehead atoms. The highest BCUT2D eigenvalue weighted by Gasteiger charge is 2.13. The van der Waals surface area contributed by atoms with Crippen molar-refractivity contribution < 1.29 is 10.0 Å². The molecule has 0 aliphatic carbocycles. The Morgan fingerprint density at radius 2 is 2.21 bits per heavy atom. The van der Waals surface area contributed by atoms with E-state index in [2.05, 4.69) is 15.9 Å². The summed E-state index contributed by atoms with van der Waals surface area (Å²) in [6.07, 6.45) is 0.409. The van der Waals surface area contributed by atoms with Crippen molar-refractivity contribution >= 4 is 21.6 Å². The van der Waals surface area contributed by atoms with E-state index in [9.17, 15) is 15.2 Å². The summed E-state index contributed by atoms with van der Waals surface area (Å²) in [4.78, 5) is 9.98. The summed E-state index contributed by atoms with van der Waals surface area (Å²) >= 11 is 3.04. The molecule has 0 aliphatic heterocycles. The van der Waals surface area contributed by atoms with E-state index in [0.29, 0.717) is 23.0 Å². The van der Waals surface area contributed by atoms with Gasteiger partial charge in [-0.05, 0) is 28.9 Å². The molecule has 0 unspecified atom stereocenters. The number of phenols is 1. The van der Waals surface area contributed by atoms with Crippen LogP contribution in [0.4, 0.5) is 5.69 Å². The SMILES string of the molecule is NCCc1cc([N+](=O)[O-])cc(Br)c1O. The Bertz CT molecular complexity index is 368. The maximum absolute atomic E-state index is 10.5. The minimum absolute atomic E-state index is 0.0149. The topological polar surface area (TPSA) is 89.4 Å². The third kappa shape index (κ3) is 2.21. The Labute approximate surface area is 88.8 Å². The summed E-state index contributed by atoms with van der Waals surface area (Å²) in [6.45, 7) is 0.334. The van der Waals surface area contributed by atoms with Crippen LogP contribution in [0.3, 0.4) is 0 Å². The molecular weight excluding hydrogens is 252 g/mol. The van der Waals surface area contributed by atoms with Gasteiger partial charge in [-0.25, -0.2) is 0 Å². The van der Waals surface area contributed by atoms with E-state index >= 15 is 0 Å².